The maximum absolute atomic E-state index is 12.8. The molecule has 2 heterocycles. The lowest BCUT2D eigenvalue weighted by molar-refractivity contribution is -0.139. The van der Waals surface area contributed by atoms with Crippen molar-refractivity contribution >= 4 is 58.1 Å². The Labute approximate surface area is 216 Å². The van der Waals surface area contributed by atoms with E-state index in [1.54, 1.807) is 41.3 Å². The molecule has 0 spiro atoms. The number of morpholine rings is 1. The van der Waals surface area contributed by atoms with Gasteiger partial charge in [0, 0.05) is 13.1 Å². The average molecular weight is 537 g/mol. The van der Waals surface area contributed by atoms with Crippen LogP contribution in [-0.2, 0) is 20.9 Å². The van der Waals surface area contributed by atoms with Crippen molar-refractivity contribution in [2.45, 2.75) is 6.61 Å². The molecule has 3 amide bonds. The molecule has 2 aromatic carbocycles. The molecule has 11 heteroatoms. The first-order valence-corrected chi connectivity index (χ1v) is 12.3. The average Bonchev–Trinajstić information content (AvgIpc) is 3.12. The van der Waals surface area contributed by atoms with E-state index in [0.29, 0.717) is 53.4 Å². The van der Waals surface area contributed by atoms with Crippen molar-refractivity contribution in [1.82, 2.24) is 9.80 Å². The van der Waals surface area contributed by atoms with Gasteiger partial charge < -0.3 is 19.1 Å². The third-order valence-electron chi connectivity index (χ3n) is 5.39. The number of nitrogens with zero attached hydrogens (tertiary/aromatic N) is 2. The molecule has 0 radical (unpaired) electrons. The molecule has 0 unspecified atom stereocenters. The van der Waals surface area contributed by atoms with E-state index in [-0.39, 0.29) is 24.0 Å². The van der Waals surface area contributed by atoms with Crippen LogP contribution in [0.25, 0.3) is 6.08 Å². The molecule has 0 aromatic heterocycles. The van der Waals surface area contributed by atoms with E-state index in [9.17, 15) is 14.4 Å². The minimum atomic E-state index is -0.500. The number of ether oxygens (including phenoxy) is 3. The van der Waals surface area contributed by atoms with E-state index in [4.69, 9.17) is 37.4 Å². The van der Waals surface area contributed by atoms with Crippen LogP contribution in [0.3, 0.4) is 0 Å². The molecule has 2 aromatic rings. The summed E-state index contributed by atoms with van der Waals surface area (Å²) in [6.07, 6.45) is 1.59. The van der Waals surface area contributed by atoms with Crippen molar-refractivity contribution < 1.29 is 28.6 Å². The predicted molar refractivity (Wildman–Crippen MR) is 134 cm³/mol. The van der Waals surface area contributed by atoms with E-state index in [2.05, 4.69) is 0 Å². The summed E-state index contributed by atoms with van der Waals surface area (Å²) < 4.78 is 16.5. The fourth-order valence-electron chi connectivity index (χ4n) is 3.52. The third kappa shape index (κ3) is 6.10. The Morgan fingerprint density at radius 3 is 2.57 bits per heavy atom. The number of hydrogen-bond acceptors (Lipinski definition) is 7. The van der Waals surface area contributed by atoms with Crippen LogP contribution in [0, 0.1) is 0 Å². The van der Waals surface area contributed by atoms with Crippen LogP contribution in [0.1, 0.15) is 11.1 Å². The smallest absolute Gasteiger partial charge is 0.294 e. The second kappa shape index (κ2) is 11.3. The SMILES string of the molecule is COc1cc(/C=C2/SC(=O)N(CC(=O)N3CCOCC3)C2=O)ccc1OCc1ccc(Cl)c(Cl)c1. The Morgan fingerprint density at radius 2 is 1.86 bits per heavy atom. The summed E-state index contributed by atoms with van der Waals surface area (Å²) in [6.45, 7) is 1.76. The Morgan fingerprint density at radius 1 is 1.09 bits per heavy atom. The number of imide groups is 1. The molecule has 184 valence electrons. The minimum absolute atomic E-state index is 0.233. The van der Waals surface area contributed by atoms with Crippen molar-refractivity contribution in [2.24, 2.45) is 0 Å². The van der Waals surface area contributed by atoms with Gasteiger partial charge in [-0.05, 0) is 53.2 Å². The summed E-state index contributed by atoms with van der Waals surface area (Å²) in [5, 5.41) is 0.430. The topological polar surface area (TPSA) is 85.4 Å². The molecule has 4 rings (SSSR count). The van der Waals surface area contributed by atoms with E-state index < -0.39 is 11.1 Å². The molecule has 0 bridgehead atoms. The van der Waals surface area contributed by atoms with E-state index in [0.717, 1.165) is 22.2 Å². The van der Waals surface area contributed by atoms with E-state index in [1.165, 1.54) is 7.11 Å². The number of carbonyl (C=O) groups excluding carboxylic acids is 3. The molecule has 0 atom stereocenters. The largest absolute Gasteiger partial charge is 0.493 e. The zero-order valence-electron chi connectivity index (χ0n) is 18.8. The predicted octanol–water partition coefficient (Wildman–Crippen LogP) is 4.48. The normalized spacial score (nSPS) is 17.3. The Hall–Kier alpha value is -2.72. The monoisotopic (exact) mass is 536 g/mol. The molecule has 8 nitrogen and oxygen atoms in total. The maximum atomic E-state index is 12.8. The highest BCUT2D eigenvalue weighted by Crippen LogP contribution is 2.35. The van der Waals surface area contributed by atoms with Crippen molar-refractivity contribution in [3.63, 3.8) is 0 Å². The molecule has 2 saturated heterocycles. The van der Waals surface area contributed by atoms with Crippen LogP contribution in [0.15, 0.2) is 41.3 Å². The van der Waals surface area contributed by atoms with Gasteiger partial charge >= 0.3 is 0 Å². The molecule has 2 aliphatic rings. The lowest BCUT2D eigenvalue weighted by atomic mass is 10.1. The first-order valence-electron chi connectivity index (χ1n) is 10.7. The summed E-state index contributed by atoms with van der Waals surface area (Å²) in [5.74, 6) is 0.183. The number of benzene rings is 2. The van der Waals surface area contributed by atoms with Crippen LogP contribution in [0.5, 0.6) is 11.5 Å². The van der Waals surface area contributed by atoms with Crippen molar-refractivity contribution in [3.05, 3.63) is 62.5 Å². The highest BCUT2D eigenvalue weighted by Gasteiger charge is 2.37. The number of halogens is 2. The molecule has 35 heavy (non-hydrogen) atoms. The quantitative estimate of drug-likeness (QED) is 0.482. The number of amides is 3. The lowest BCUT2D eigenvalue weighted by Crippen LogP contribution is -2.46. The Bertz CT molecular complexity index is 1180. The van der Waals surface area contributed by atoms with Gasteiger partial charge in [-0.25, -0.2) is 0 Å². The van der Waals surface area contributed by atoms with Gasteiger partial charge in [0.15, 0.2) is 11.5 Å². The number of methoxy groups -OCH3 is 1. The number of thioether (sulfide) groups is 1. The number of hydrogen-bond donors (Lipinski definition) is 0. The summed E-state index contributed by atoms with van der Waals surface area (Å²) in [6, 6.07) is 10.4. The van der Waals surface area contributed by atoms with Gasteiger partial charge in [-0.2, -0.15) is 0 Å². The lowest BCUT2D eigenvalue weighted by Gasteiger charge is -2.28. The van der Waals surface area contributed by atoms with Crippen LogP contribution >= 0.6 is 35.0 Å². The van der Waals surface area contributed by atoms with Gasteiger partial charge in [0.1, 0.15) is 13.2 Å². The highest BCUT2D eigenvalue weighted by molar-refractivity contribution is 8.18. The van der Waals surface area contributed by atoms with Gasteiger partial charge in [0.25, 0.3) is 11.1 Å². The third-order valence-corrected chi connectivity index (χ3v) is 7.04. The molecular weight excluding hydrogens is 515 g/mol. The van der Waals surface area contributed by atoms with Gasteiger partial charge in [-0.3, -0.25) is 19.3 Å². The van der Waals surface area contributed by atoms with Gasteiger partial charge in [-0.1, -0.05) is 35.3 Å². The second-order valence-corrected chi connectivity index (χ2v) is 9.52. The van der Waals surface area contributed by atoms with Crippen molar-refractivity contribution in [3.8, 4) is 11.5 Å². The van der Waals surface area contributed by atoms with Crippen LogP contribution in [0.4, 0.5) is 4.79 Å². The highest BCUT2D eigenvalue weighted by atomic mass is 35.5. The first kappa shape index (κ1) is 25.4. The van der Waals surface area contributed by atoms with Crippen LogP contribution < -0.4 is 9.47 Å². The number of carbonyl (C=O) groups is 3. The van der Waals surface area contributed by atoms with Crippen molar-refractivity contribution in [1.29, 1.82) is 0 Å². The standard InChI is InChI=1S/C24H22Cl2N2O6S/c1-32-20-11-15(3-5-19(20)34-14-16-2-4-17(25)18(26)10-16)12-21-23(30)28(24(31)35-21)13-22(29)27-6-8-33-9-7-27/h2-5,10-12H,6-9,13-14H2,1H3/b21-12+. The maximum Gasteiger partial charge on any atom is 0.294 e. The van der Waals surface area contributed by atoms with Gasteiger partial charge in [0.2, 0.25) is 5.91 Å². The molecule has 2 fully saturated rings. The van der Waals surface area contributed by atoms with E-state index >= 15 is 0 Å². The molecular formula is C24H22Cl2N2O6S. The molecule has 0 saturated carbocycles. The first-order chi connectivity index (χ1) is 16.9. The minimum Gasteiger partial charge on any atom is -0.493 e. The summed E-state index contributed by atoms with van der Waals surface area (Å²) in [5.41, 5.74) is 1.49. The van der Waals surface area contributed by atoms with Crippen LogP contribution in [0.2, 0.25) is 10.0 Å². The number of rotatable bonds is 7. The fourth-order valence-corrected chi connectivity index (χ4v) is 4.68. The Kier molecular flexibility index (Phi) is 8.22. The summed E-state index contributed by atoms with van der Waals surface area (Å²) >= 11 is 12.8. The summed E-state index contributed by atoms with van der Waals surface area (Å²) in [7, 11) is 1.51. The fraction of sp³-hybridized carbons (Fsp3) is 0.292. The van der Waals surface area contributed by atoms with E-state index in [1.807, 2.05) is 6.07 Å². The van der Waals surface area contributed by atoms with Gasteiger partial charge in [-0.15, -0.1) is 0 Å². The molecule has 0 N–H and O–H groups in total. The van der Waals surface area contributed by atoms with Crippen molar-refractivity contribution in [2.75, 3.05) is 40.0 Å². The van der Waals surface area contributed by atoms with Gasteiger partial charge in [0.05, 0.1) is 35.3 Å². The summed E-state index contributed by atoms with van der Waals surface area (Å²) in [4.78, 5) is 40.5. The molecule has 2 aliphatic heterocycles. The van der Waals surface area contributed by atoms with Crippen LogP contribution in [-0.4, -0.2) is 66.8 Å². The second-order valence-electron chi connectivity index (χ2n) is 7.71. The zero-order valence-corrected chi connectivity index (χ0v) is 21.1. The molecule has 0 aliphatic carbocycles. The Balaban J connectivity index is 1.43. The zero-order chi connectivity index (χ0) is 24.9.